The van der Waals surface area contributed by atoms with Gasteiger partial charge < -0.3 is 21.5 Å². The number of nitrogens with one attached hydrogen (secondary N) is 1. The van der Waals surface area contributed by atoms with Gasteiger partial charge in [0, 0.05) is 17.1 Å². The molecule has 7 heteroatoms. The number of carbonyl (C=O) groups excluding carboxylic acids is 1. The van der Waals surface area contributed by atoms with Gasteiger partial charge in [-0.3, -0.25) is 4.79 Å². The number of ether oxygens (including phenoxy) is 1. The molecule has 24 heavy (non-hydrogen) atoms. The summed E-state index contributed by atoms with van der Waals surface area (Å²) in [5.41, 5.74) is 13.1. The molecule has 0 aliphatic rings. The Hall–Kier alpha value is -1.95. The number of hydrogen-bond donors (Lipinski definition) is 3. The molecule has 2 aromatic rings. The Balaban J connectivity index is 1.96. The molecule has 5 nitrogen and oxygen atoms in total. The summed E-state index contributed by atoms with van der Waals surface area (Å²) in [7, 11) is 0. The summed E-state index contributed by atoms with van der Waals surface area (Å²) < 4.78 is 5.66. The number of benzene rings is 2. The Bertz CT molecular complexity index is 682. The molecule has 0 bridgehead atoms. The monoisotopic (exact) mass is 367 g/mol. The molecule has 0 aliphatic heterocycles. The smallest absolute Gasteiger partial charge is 0.251 e. The van der Waals surface area contributed by atoms with Crippen molar-refractivity contribution in [1.29, 1.82) is 0 Å². The zero-order valence-corrected chi connectivity index (χ0v) is 14.5. The molecule has 1 amide bonds. The van der Waals surface area contributed by atoms with Gasteiger partial charge in [-0.2, -0.15) is 0 Å². The van der Waals surface area contributed by atoms with E-state index in [1.54, 1.807) is 24.3 Å². The maximum absolute atomic E-state index is 11.9. The van der Waals surface area contributed by atoms with Crippen molar-refractivity contribution in [1.82, 2.24) is 5.32 Å². The van der Waals surface area contributed by atoms with Gasteiger partial charge in [0.2, 0.25) is 0 Å². The Kier molecular flexibility index (Phi) is 6.73. The lowest BCUT2D eigenvalue weighted by atomic mass is 10.1. The summed E-state index contributed by atoms with van der Waals surface area (Å²) in [6.07, 6.45) is 0.751. The maximum Gasteiger partial charge on any atom is 0.251 e. The second kappa shape index (κ2) is 8.78. The van der Waals surface area contributed by atoms with E-state index in [4.69, 9.17) is 39.4 Å². The summed E-state index contributed by atoms with van der Waals surface area (Å²) in [6, 6.07) is 10.3. The average molecular weight is 368 g/mol. The molecular formula is C17H19Cl2N3O2. The molecule has 0 spiro atoms. The molecule has 0 saturated heterocycles. The lowest BCUT2D eigenvalue weighted by Gasteiger charge is -2.11. The van der Waals surface area contributed by atoms with E-state index in [-0.39, 0.29) is 12.5 Å². The normalized spacial score (nSPS) is 10.5. The number of hydrogen-bond acceptors (Lipinski definition) is 4. The van der Waals surface area contributed by atoms with Crippen LogP contribution < -0.4 is 21.5 Å². The lowest BCUT2D eigenvalue weighted by molar-refractivity contribution is 0.0953. The van der Waals surface area contributed by atoms with Gasteiger partial charge in [-0.25, -0.2) is 0 Å². The van der Waals surface area contributed by atoms with Crippen LogP contribution in [-0.4, -0.2) is 19.0 Å². The summed E-state index contributed by atoms with van der Waals surface area (Å²) in [4.78, 5) is 11.9. The first-order chi connectivity index (χ1) is 11.5. The third-order valence-corrected chi connectivity index (χ3v) is 3.80. The van der Waals surface area contributed by atoms with Gasteiger partial charge in [0.1, 0.15) is 6.61 Å². The molecule has 5 N–H and O–H groups in total. The minimum Gasteiger partial charge on any atom is -0.485 e. The zero-order chi connectivity index (χ0) is 17.5. The van der Waals surface area contributed by atoms with Crippen LogP contribution in [0.4, 0.5) is 5.69 Å². The van der Waals surface area contributed by atoms with E-state index in [9.17, 15) is 4.79 Å². The predicted octanol–water partition coefficient (Wildman–Crippen LogP) is 3.23. The highest BCUT2D eigenvalue weighted by Crippen LogP contribution is 2.34. The Morgan fingerprint density at radius 1 is 1.17 bits per heavy atom. The van der Waals surface area contributed by atoms with Crippen molar-refractivity contribution in [3.05, 3.63) is 57.6 Å². The first kappa shape index (κ1) is 18.4. The molecule has 0 atom stereocenters. The second-order valence-corrected chi connectivity index (χ2v) is 6.03. The lowest BCUT2D eigenvalue weighted by Crippen LogP contribution is -2.25. The average Bonchev–Trinajstić information content (AvgIpc) is 2.54. The fourth-order valence-corrected chi connectivity index (χ4v) is 2.61. The topological polar surface area (TPSA) is 90.4 Å². The van der Waals surface area contributed by atoms with E-state index < -0.39 is 0 Å². The summed E-state index contributed by atoms with van der Waals surface area (Å²) >= 11 is 11.9. The zero-order valence-electron chi connectivity index (χ0n) is 13.0. The van der Waals surface area contributed by atoms with Crippen LogP contribution in [0.5, 0.6) is 5.75 Å². The number of rotatable bonds is 7. The SMILES string of the molecule is NCCCNC(=O)c1ccc(COc2c(N)cc(Cl)cc2Cl)cc1. The minimum absolute atomic E-state index is 0.124. The van der Waals surface area contributed by atoms with E-state index in [1.165, 1.54) is 0 Å². The van der Waals surface area contributed by atoms with E-state index in [1.807, 2.05) is 12.1 Å². The molecule has 0 fully saturated rings. The van der Waals surface area contributed by atoms with Gasteiger partial charge >= 0.3 is 0 Å². The van der Waals surface area contributed by atoms with Crippen molar-refractivity contribution < 1.29 is 9.53 Å². The van der Waals surface area contributed by atoms with Gasteiger partial charge in [-0.05, 0) is 42.8 Å². The molecule has 2 aromatic carbocycles. The molecule has 0 aliphatic carbocycles. The van der Waals surface area contributed by atoms with Gasteiger partial charge in [0.25, 0.3) is 5.91 Å². The van der Waals surface area contributed by atoms with Crippen molar-refractivity contribution in [3.8, 4) is 5.75 Å². The third kappa shape index (κ3) is 5.03. The van der Waals surface area contributed by atoms with Crippen molar-refractivity contribution >= 4 is 34.8 Å². The first-order valence-corrected chi connectivity index (χ1v) is 8.21. The molecule has 0 unspecified atom stereocenters. The van der Waals surface area contributed by atoms with Crippen LogP contribution in [0, 0.1) is 0 Å². The van der Waals surface area contributed by atoms with Crippen molar-refractivity contribution in [3.63, 3.8) is 0 Å². The minimum atomic E-state index is -0.124. The van der Waals surface area contributed by atoms with Crippen LogP contribution in [0.3, 0.4) is 0 Å². The van der Waals surface area contributed by atoms with Crippen LogP contribution in [0.1, 0.15) is 22.3 Å². The van der Waals surface area contributed by atoms with E-state index >= 15 is 0 Å². The van der Waals surface area contributed by atoms with Crippen LogP contribution >= 0.6 is 23.2 Å². The highest BCUT2D eigenvalue weighted by atomic mass is 35.5. The van der Waals surface area contributed by atoms with Gasteiger partial charge in [-0.15, -0.1) is 0 Å². The van der Waals surface area contributed by atoms with Crippen molar-refractivity contribution in [2.45, 2.75) is 13.0 Å². The molecule has 0 radical (unpaired) electrons. The fourth-order valence-electron chi connectivity index (χ4n) is 2.05. The highest BCUT2D eigenvalue weighted by Gasteiger charge is 2.09. The highest BCUT2D eigenvalue weighted by molar-refractivity contribution is 6.36. The van der Waals surface area contributed by atoms with E-state index in [0.717, 1.165) is 12.0 Å². The molecule has 128 valence electrons. The van der Waals surface area contributed by atoms with Crippen molar-refractivity contribution in [2.24, 2.45) is 5.73 Å². The largest absolute Gasteiger partial charge is 0.485 e. The van der Waals surface area contributed by atoms with Crippen molar-refractivity contribution in [2.75, 3.05) is 18.8 Å². The van der Waals surface area contributed by atoms with Gasteiger partial charge in [-0.1, -0.05) is 35.3 Å². The summed E-state index contributed by atoms with van der Waals surface area (Å²) in [5.74, 6) is 0.269. The number of amides is 1. The predicted molar refractivity (Wildman–Crippen MR) is 97.7 cm³/mol. The molecule has 0 aromatic heterocycles. The first-order valence-electron chi connectivity index (χ1n) is 7.45. The number of nitrogen functional groups attached to an aromatic ring is 1. The number of anilines is 1. The Morgan fingerprint density at radius 3 is 2.50 bits per heavy atom. The van der Waals surface area contributed by atoms with Crippen LogP contribution in [0.15, 0.2) is 36.4 Å². The summed E-state index contributed by atoms with van der Waals surface area (Å²) in [5, 5.41) is 3.61. The second-order valence-electron chi connectivity index (χ2n) is 5.19. The maximum atomic E-state index is 11.9. The molecule has 0 heterocycles. The molecule has 2 rings (SSSR count). The number of halogens is 2. The standard InChI is InChI=1S/C17H19Cl2N3O2/c18-13-8-14(19)16(15(21)9-13)24-10-11-2-4-12(5-3-11)17(23)22-7-1-6-20/h2-5,8-9H,1,6-7,10,20-21H2,(H,22,23). The number of carbonyl (C=O) groups is 1. The number of nitrogens with two attached hydrogens (primary N) is 2. The van der Waals surface area contributed by atoms with Crippen LogP contribution in [0.2, 0.25) is 10.0 Å². The Labute approximate surface area is 150 Å². The van der Waals surface area contributed by atoms with E-state index in [0.29, 0.717) is 40.1 Å². The third-order valence-electron chi connectivity index (χ3n) is 3.30. The van der Waals surface area contributed by atoms with Gasteiger partial charge in [0.15, 0.2) is 5.75 Å². The quantitative estimate of drug-likeness (QED) is 0.517. The van der Waals surface area contributed by atoms with Crippen LogP contribution in [-0.2, 0) is 6.61 Å². The fraction of sp³-hybridized carbons (Fsp3) is 0.235. The molecule has 0 saturated carbocycles. The van der Waals surface area contributed by atoms with E-state index in [2.05, 4.69) is 5.32 Å². The summed E-state index contributed by atoms with van der Waals surface area (Å²) in [6.45, 7) is 1.39. The Morgan fingerprint density at radius 2 is 1.88 bits per heavy atom. The van der Waals surface area contributed by atoms with Gasteiger partial charge in [0.05, 0.1) is 10.7 Å². The molecular weight excluding hydrogens is 349 g/mol. The van der Waals surface area contributed by atoms with Crippen LogP contribution in [0.25, 0.3) is 0 Å².